The molecule has 2 nitrogen and oxygen atoms in total. The monoisotopic (exact) mass is 428 g/mol. The molecule has 0 spiro atoms. The van der Waals surface area contributed by atoms with Gasteiger partial charge in [0.05, 0.1) is 17.9 Å². The molecule has 0 fully saturated rings. The summed E-state index contributed by atoms with van der Waals surface area (Å²) >= 11 is 12.0. The zero-order valence-corrected chi connectivity index (χ0v) is 18.2. The summed E-state index contributed by atoms with van der Waals surface area (Å²) in [6.07, 6.45) is 0. The first kappa shape index (κ1) is 22.5. The molecule has 2 radical (unpaired) electrons. The maximum atomic E-state index is 12.3. The highest BCUT2D eigenvalue weighted by Crippen LogP contribution is 2.33. The zero-order chi connectivity index (χ0) is 20.5. The van der Waals surface area contributed by atoms with Crippen LogP contribution in [0.2, 0.25) is 10.0 Å². The lowest BCUT2D eigenvalue weighted by Crippen LogP contribution is -2.19. The molecule has 142 valence electrons. The van der Waals surface area contributed by atoms with Crippen molar-refractivity contribution in [3.8, 4) is 16.9 Å². The number of hydrogen-bond donors (Lipinski definition) is 0. The molecule has 3 aromatic rings. The predicted molar refractivity (Wildman–Crippen MR) is 123 cm³/mol. The quantitative estimate of drug-likeness (QED) is 0.208. The molecule has 0 heterocycles. The molecule has 0 saturated heterocycles. The molecule has 0 aliphatic rings. The minimum absolute atomic E-state index is 0.118. The average Bonchev–Trinajstić information content (AvgIpc) is 2.71. The molecule has 0 aromatic heterocycles. The number of halogens is 2. The first-order valence-corrected chi connectivity index (χ1v) is 11.4. The van der Waals surface area contributed by atoms with Crippen LogP contribution in [-0.2, 0) is 4.79 Å². The third kappa shape index (κ3) is 6.11. The number of carbonyl (C=O) groups is 1. The van der Waals surface area contributed by atoms with E-state index in [4.69, 9.17) is 35.8 Å². The molecular formula is C22H20BCl2O2P. The van der Waals surface area contributed by atoms with Crippen molar-refractivity contribution in [2.24, 2.45) is 0 Å². The molecule has 3 aromatic carbocycles. The Morgan fingerprint density at radius 2 is 1.36 bits per heavy atom. The second kappa shape index (κ2) is 11.3. The van der Waals surface area contributed by atoms with Gasteiger partial charge < -0.3 is 4.74 Å². The molecule has 0 amide bonds. The highest BCUT2D eigenvalue weighted by atomic mass is 35.5. The minimum Gasteiger partial charge on any atom is -0.423 e. The van der Waals surface area contributed by atoms with E-state index < -0.39 is 11.8 Å². The van der Waals surface area contributed by atoms with Gasteiger partial charge >= 0.3 is 5.97 Å². The number of rotatable bonds is 4. The standard InChI is InChI=1S/C20H13BCl2O2.C2H7P/c21-18(20(24)25-19-16(22)7-4-8-17(19)23)15-11-9-14(10-12-15)13-5-2-1-3-6-13;1-3-2/h1-12,18H;3H,1-2H3. The van der Waals surface area contributed by atoms with Crippen molar-refractivity contribution in [2.45, 2.75) is 5.82 Å². The highest BCUT2D eigenvalue weighted by molar-refractivity contribution is 7.35. The number of para-hydroxylation sites is 1. The Kier molecular flexibility index (Phi) is 9.05. The zero-order valence-electron chi connectivity index (χ0n) is 15.7. The maximum absolute atomic E-state index is 12.3. The van der Waals surface area contributed by atoms with Crippen molar-refractivity contribution in [2.75, 3.05) is 13.3 Å². The number of benzene rings is 3. The van der Waals surface area contributed by atoms with Gasteiger partial charge in [-0.2, -0.15) is 0 Å². The summed E-state index contributed by atoms with van der Waals surface area (Å²) in [4.78, 5) is 12.3. The van der Waals surface area contributed by atoms with Crippen LogP contribution in [0.25, 0.3) is 11.1 Å². The molecule has 1 unspecified atom stereocenters. The number of carbonyl (C=O) groups excluding carboxylic acids is 1. The van der Waals surface area contributed by atoms with Crippen molar-refractivity contribution >= 4 is 45.6 Å². The molecule has 6 heteroatoms. The molecule has 0 aliphatic carbocycles. The summed E-state index contributed by atoms with van der Waals surface area (Å²) in [5.41, 5.74) is 2.78. The Bertz CT molecular complexity index is 882. The molecular weight excluding hydrogens is 409 g/mol. The van der Waals surface area contributed by atoms with Crippen molar-refractivity contribution in [3.05, 3.63) is 88.4 Å². The Morgan fingerprint density at radius 1 is 0.857 bits per heavy atom. The Labute approximate surface area is 179 Å². The van der Waals surface area contributed by atoms with Crippen LogP contribution in [0.5, 0.6) is 5.75 Å². The van der Waals surface area contributed by atoms with Crippen LogP contribution in [0.15, 0.2) is 72.8 Å². The van der Waals surface area contributed by atoms with Crippen LogP contribution in [0.1, 0.15) is 11.4 Å². The normalized spacial score (nSPS) is 11.1. The molecule has 1 atom stereocenters. The lowest BCUT2D eigenvalue weighted by molar-refractivity contribution is -0.134. The van der Waals surface area contributed by atoms with E-state index in [0.717, 1.165) is 19.7 Å². The van der Waals surface area contributed by atoms with E-state index in [9.17, 15) is 4.79 Å². The topological polar surface area (TPSA) is 26.3 Å². The lowest BCUT2D eigenvalue weighted by Gasteiger charge is -2.14. The van der Waals surface area contributed by atoms with E-state index in [1.165, 1.54) is 0 Å². The van der Waals surface area contributed by atoms with Crippen LogP contribution in [0.3, 0.4) is 0 Å². The average molecular weight is 429 g/mol. The van der Waals surface area contributed by atoms with E-state index in [-0.39, 0.29) is 15.8 Å². The Hall–Kier alpha value is -1.80. The first-order chi connectivity index (χ1) is 13.5. The number of esters is 1. The third-order valence-electron chi connectivity index (χ3n) is 3.75. The van der Waals surface area contributed by atoms with Gasteiger partial charge in [-0.25, -0.2) is 0 Å². The minimum atomic E-state index is -0.933. The van der Waals surface area contributed by atoms with Crippen molar-refractivity contribution in [1.82, 2.24) is 0 Å². The van der Waals surface area contributed by atoms with E-state index in [1.54, 1.807) is 18.2 Å². The lowest BCUT2D eigenvalue weighted by atomic mass is 9.80. The van der Waals surface area contributed by atoms with Crippen LogP contribution >= 0.6 is 31.8 Å². The van der Waals surface area contributed by atoms with Gasteiger partial charge in [0.25, 0.3) is 0 Å². The Morgan fingerprint density at radius 3 is 1.89 bits per heavy atom. The van der Waals surface area contributed by atoms with E-state index in [0.29, 0.717) is 5.56 Å². The molecule has 28 heavy (non-hydrogen) atoms. The first-order valence-electron chi connectivity index (χ1n) is 8.63. The van der Waals surface area contributed by atoms with Crippen LogP contribution in [0.4, 0.5) is 0 Å². The predicted octanol–water partition coefficient (Wildman–Crippen LogP) is 6.40. The fourth-order valence-corrected chi connectivity index (χ4v) is 2.87. The van der Waals surface area contributed by atoms with E-state index in [1.807, 2.05) is 54.6 Å². The fraction of sp³-hybridized carbons (Fsp3) is 0.136. The van der Waals surface area contributed by atoms with Gasteiger partial charge in [-0.05, 0) is 42.2 Å². The van der Waals surface area contributed by atoms with Crippen molar-refractivity contribution < 1.29 is 9.53 Å². The summed E-state index contributed by atoms with van der Waals surface area (Å²) in [6.45, 7) is 4.31. The summed E-state index contributed by atoms with van der Waals surface area (Å²) in [5, 5.41) is 0.514. The van der Waals surface area contributed by atoms with Gasteiger partial charge in [0.1, 0.15) is 0 Å². The SMILES string of the molecule is CPC.[B]C(C(=O)Oc1c(Cl)cccc1Cl)c1ccc(-c2ccccc2)cc1. The third-order valence-corrected chi connectivity index (χ3v) is 4.35. The smallest absolute Gasteiger partial charge is 0.309 e. The van der Waals surface area contributed by atoms with Crippen molar-refractivity contribution in [1.29, 1.82) is 0 Å². The van der Waals surface area contributed by atoms with E-state index in [2.05, 4.69) is 13.3 Å². The van der Waals surface area contributed by atoms with Gasteiger partial charge in [0, 0.05) is 5.82 Å². The second-order valence-corrected chi connectivity index (χ2v) is 7.75. The molecule has 0 saturated carbocycles. The summed E-state index contributed by atoms with van der Waals surface area (Å²) in [7, 11) is 7.10. The second-order valence-electron chi connectivity index (χ2n) is 5.94. The highest BCUT2D eigenvalue weighted by Gasteiger charge is 2.19. The Balaban J connectivity index is 0.000000878. The molecule has 0 bridgehead atoms. The van der Waals surface area contributed by atoms with Gasteiger partial charge in [-0.1, -0.05) is 83.9 Å². The van der Waals surface area contributed by atoms with Gasteiger partial charge in [-0.15, -0.1) is 8.58 Å². The number of ether oxygens (including phenoxy) is 1. The summed E-state index contributed by atoms with van der Waals surface area (Å²) in [5.74, 6) is -1.44. The van der Waals surface area contributed by atoms with Crippen LogP contribution in [0, 0.1) is 0 Å². The summed E-state index contributed by atoms with van der Waals surface area (Å²) < 4.78 is 5.28. The summed E-state index contributed by atoms with van der Waals surface area (Å²) in [6, 6.07) is 22.2. The molecule has 0 N–H and O–H groups in total. The maximum Gasteiger partial charge on any atom is 0.309 e. The number of hydrogen-bond acceptors (Lipinski definition) is 2. The van der Waals surface area contributed by atoms with Gasteiger partial charge in [0.15, 0.2) is 5.75 Å². The van der Waals surface area contributed by atoms with Crippen molar-refractivity contribution in [3.63, 3.8) is 0 Å². The van der Waals surface area contributed by atoms with Crippen LogP contribution < -0.4 is 4.74 Å². The largest absolute Gasteiger partial charge is 0.423 e. The van der Waals surface area contributed by atoms with Crippen LogP contribution in [-0.4, -0.2) is 27.1 Å². The molecule has 0 aliphatic heterocycles. The fourth-order valence-electron chi connectivity index (χ4n) is 2.39. The molecule has 3 rings (SSSR count). The van der Waals surface area contributed by atoms with Gasteiger partial charge in [0.2, 0.25) is 0 Å². The van der Waals surface area contributed by atoms with Gasteiger partial charge in [-0.3, -0.25) is 4.79 Å². The van der Waals surface area contributed by atoms with E-state index >= 15 is 0 Å².